The van der Waals surface area contributed by atoms with Crippen LogP contribution in [0.2, 0.25) is 0 Å². The summed E-state index contributed by atoms with van der Waals surface area (Å²) < 4.78 is 39.4. The molecule has 2 aliphatic heterocycles. The Morgan fingerprint density at radius 2 is 2.08 bits per heavy atom. The second-order valence-electron chi connectivity index (χ2n) is 6.40. The van der Waals surface area contributed by atoms with Crippen molar-refractivity contribution in [1.82, 2.24) is 9.62 Å². The van der Waals surface area contributed by atoms with Crippen LogP contribution in [0.4, 0.5) is 0 Å². The van der Waals surface area contributed by atoms with Gasteiger partial charge in [0.1, 0.15) is 11.5 Å². The van der Waals surface area contributed by atoms with Gasteiger partial charge in [-0.05, 0) is 35.9 Å². The maximum Gasteiger partial charge on any atom is 0.240 e. The van der Waals surface area contributed by atoms with E-state index in [0.29, 0.717) is 6.61 Å². The van der Waals surface area contributed by atoms with Gasteiger partial charge in [-0.3, -0.25) is 4.90 Å². The van der Waals surface area contributed by atoms with E-state index < -0.39 is 10.0 Å². The van der Waals surface area contributed by atoms with Crippen LogP contribution >= 0.6 is 11.8 Å². The van der Waals surface area contributed by atoms with Gasteiger partial charge in [0, 0.05) is 37.6 Å². The van der Waals surface area contributed by atoms with E-state index in [9.17, 15) is 8.42 Å². The van der Waals surface area contributed by atoms with Gasteiger partial charge in [0.25, 0.3) is 0 Å². The molecule has 0 aliphatic carbocycles. The van der Waals surface area contributed by atoms with Crippen molar-refractivity contribution in [3.8, 4) is 5.75 Å². The number of nitrogens with one attached hydrogen (secondary N) is 1. The fourth-order valence-corrected chi connectivity index (χ4v) is 5.40. The molecule has 140 valence electrons. The molecule has 1 atom stereocenters. The molecular weight excluding hydrogens is 372 g/mol. The van der Waals surface area contributed by atoms with Crippen molar-refractivity contribution >= 4 is 21.8 Å². The van der Waals surface area contributed by atoms with Gasteiger partial charge in [0.05, 0.1) is 23.8 Å². The first-order valence-corrected chi connectivity index (χ1v) is 11.4. The maximum atomic E-state index is 12.8. The summed E-state index contributed by atoms with van der Waals surface area (Å²) in [5.74, 6) is 3.67. The zero-order chi connectivity index (χ0) is 18.0. The Balaban J connectivity index is 1.51. The summed E-state index contributed by atoms with van der Waals surface area (Å²) in [6.07, 6.45) is 2.38. The van der Waals surface area contributed by atoms with Crippen LogP contribution in [0.5, 0.6) is 5.75 Å². The average Bonchev–Trinajstić information content (AvgIpc) is 3.34. The van der Waals surface area contributed by atoms with Gasteiger partial charge in [0.2, 0.25) is 10.0 Å². The molecule has 0 amide bonds. The summed E-state index contributed by atoms with van der Waals surface area (Å²) in [6.45, 7) is 2.75. The summed E-state index contributed by atoms with van der Waals surface area (Å²) in [5.41, 5.74) is 0.948. The number of fused-ring (bicyclic) bond motifs is 1. The minimum atomic E-state index is -3.59. The van der Waals surface area contributed by atoms with Crippen molar-refractivity contribution in [3.05, 3.63) is 47.9 Å². The Morgan fingerprint density at radius 1 is 1.23 bits per heavy atom. The second kappa shape index (κ2) is 7.64. The lowest BCUT2D eigenvalue weighted by Crippen LogP contribution is -2.41. The van der Waals surface area contributed by atoms with Gasteiger partial charge in [-0.1, -0.05) is 0 Å². The van der Waals surface area contributed by atoms with Crippen LogP contribution in [0.3, 0.4) is 0 Å². The number of ether oxygens (including phenoxy) is 1. The Morgan fingerprint density at radius 3 is 2.85 bits per heavy atom. The topological polar surface area (TPSA) is 71.8 Å². The Bertz CT molecular complexity index is 846. The van der Waals surface area contributed by atoms with E-state index >= 15 is 0 Å². The Hall–Kier alpha value is -1.48. The number of sulfonamides is 1. The van der Waals surface area contributed by atoms with Crippen LogP contribution in [-0.4, -0.2) is 51.1 Å². The van der Waals surface area contributed by atoms with Crippen LogP contribution in [0, 0.1) is 0 Å². The first kappa shape index (κ1) is 17.9. The van der Waals surface area contributed by atoms with E-state index in [1.807, 2.05) is 23.9 Å². The molecule has 0 saturated carbocycles. The van der Waals surface area contributed by atoms with Crippen molar-refractivity contribution in [2.45, 2.75) is 17.4 Å². The van der Waals surface area contributed by atoms with Gasteiger partial charge >= 0.3 is 0 Å². The van der Waals surface area contributed by atoms with Crippen molar-refractivity contribution < 1.29 is 17.6 Å². The fraction of sp³-hybridized carbons (Fsp3) is 0.444. The Labute approximate surface area is 157 Å². The second-order valence-corrected chi connectivity index (χ2v) is 9.39. The van der Waals surface area contributed by atoms with E-state index in [2.05, 4.69) is 9.62 Å². The summed E-state index contributed by atoms with van der Waals surface area (Å²) >= 11 is 1.92. The van der Waals surface area contributed by atoms with Crippen molar-refractivity contribution in [2.24, 2.45) is 0 Å². The number of nitrogens with zero attached hydrogens (tertiary/aromatic N) is 1. The van der Waals surface area contributed by atoms with E-state index in [0.717, 1.165) is 48.1 Å². The smallest absolute Gasteiger partial charge is 0.240 e. The molecule has 4 rings (SSSR count). The molecule has 0 spiro atoms. The molecule has 1 aromatic carbocycles. The zero-order valence-electron chi connectivity index (χ0n) is 14.4. The van der Waals surface area contributed by atoms with Crippen LogP contribution in [0.1, 0.15) is 17.4 Å². The minimum absolute atomic E-state index is 0.0987. The number of hydrogen-bond donors (Lipinski definition) is 1. The third kappa shape index (κ3) is 3.78. The van der Waals surface area contributed by atoms with Gasteiger partial charge in [0.15, 0.2) is 0 Å². The third-order valence-electron chi connectivity index (χ3n) is 4.80. The van der Waals surface area contributed by atoms with Crippen molar-refractivity contribution in [2.75, 3.05) is 37.7 Å². The molecule has 0 radical (unpaired) electrons. The summed E-state index contributed by atoms with van der Waals surface area (Å²) in [6, 6.07) is 8.71. The number of hydrogen-bond acceptors (Lipinski definition) is 6. The van der Waals surface area contributed by atoms with Gasteiger partial charge < -0.3 is 9.15 Å². The van der Waals surface area contributed by atoms with Gasteiger partial charge in [-0.25, -0.2) is 13.1 Å². The van der Waals surface area contributed by atoms with E-state index in [4.69, 9.17) is 9.15 Å². The number of thioether (sulfide) groups is 1. The Kier molecular flexibility index (Phi) is 5.26. The molecule has 1 unspecified atom stereocenters. The highest BCUT2D eigenvalue weighted by molar-refractivity contribution is 7.99. The minimum Gasteiger partial charge on any atom is -0.493 e. The summed E-state index contributed by atoms with van der Waals surface area (Å²) in [5, 5.41) is 0. The molecule has 2 aromatic rings. The molecular formula is C18H22N2O4S2. The van der Waals surface area contributed by atoms with Crippen LogP contribution < -0.4 is 9.46 Å². The van der Waals surface area contributed by atoms with Crippen molar-refractivity contribution in [3.63, 3.8) is 0 Å². The lowest BCUT2D eigenvalue weighted by atomic mass is 10.2. The third-order valence-corrected chi connectivity index (χ3v) is 7.16. The molecule has 1 aromatic heterocycles. The highest BCUT2D eigenvalue weighted by Crippen LogP contribution is 2.28. The molecule has 1 saturated heterocycles. The summed E-state index contributed by atoms with van der Waals surface area (Å²) in [7, 11) is -3.59. The maximum absolute atomic E-state index is 12.8. The van der Waals surface area contributed by atoms with Crippen molar-refractivity contribution in [1.29, 1.82) is 0 Å². The predicted octanol–water partition coefficient (Wildman–Crippen LogP) is 2.28. The normalized spacial score (nSPS) is 19.1. The fourth-order valence-electron chi connectivity index (χ4n) is 3.38. The first-order chi connectivity index (χ1) is 12.6. The highest BCUT2D eigenvalue weighted by Gasteiger charge is 2.27. The molecule has 26 heavy (non-hydrogen) atoms. The molecule has 6 nitrogen and oxygen atoms in total. The highest BCUT2D eigenvalue weighted by atomic mass is 32.2. The number of rotatable bonds is 6. The lowest BCUT2D eigenvalue weighted by Gasteiger charge is -2.33. The van der Waals surface area contributed by atoms with Crippen LogP contribution in [0.25, 0.3) is 0 Å². The molecule has 8 heteroatoms. The molecule has 1 fully saturated rings. The van der Waals surface area contributed by atoms with Gasteiger partial charge in [-0.15, -0.1) is 0 Å². The van der Waals surface area contributed by atoms with E-state index in [-0.39, 0.29) is 17.5 Å². The average molecular weight is 395 g/mol. The molecule has 1 N–H and O–H groups in total. The monoisotopic (exact) mass is 394 g/mol. The van der Waals surface area contributed by atoms with E-state index in [1.54, 1.807) is 24.5 Å². The first-order valence-electron chi connectivity index (χ1n) is 8.74. The number of benzene rings is 1. The molecule has 2 aliphatic rings. The largest absolute Gasteiger partial charge is 0.493 e. The van der Waals surface area contributed by atoms with Crippen LogP contribution in [0.15, 0.2) is 45.9 Å². The van der Waals surface area contributed by atoms with Crippen LogP contribution in [-0.2, 0) is 16.4 Å². The number of furan rings is 1. The van der Waals surface area contributed by atoms with E-state index in [1.165, 1.54) is 0 Å². The standard InChI is InChI=1S/C18H22N2O4S2/c21-26(22,15-3-4-17-14(12-15)5-9-24-17)19-13-16(18-2-1-8-23-18)20-6-10-25-11-7-20/h1-4,8,12,16,19H,5-7,9-11,13H2. The lowest BCUT2D eigenvalue weighted by molar-refractivity contribution is 0.193. The molecule has 3 heterocycles. The SMILES string of the molecule is O=S(=O)(NCC(c1ccco1)N1CCSCC1)c1ccc2c(c1)CCO2. The summed E-state index contributed by atoms with van der Waals surface area (Å²) in [4.78, 5) is 2.57. The zero-order valence-corrected chi connectivity index (χ0v) is 16.0. The quantitative estimate of drug-likeness (QED) is 0.811. The van der Waals surface area contributed by atoms with Gasteiger partial charge in [-0.2, -0.15) is 11.8 Å². The predicted molar refractivity (Wildman–Crippen MR) is 101 cm³/mol. The molecule has 0 bridgehead atoms.